The van der Waals surface area contributed by atoms with E-state index in [0.29, 0.717) is 5.69 Å². The van der Waals surface area contributed by atoms with Crippen molar-refractivity contribution in [3.05, 3.63) is 42.1 Å². The lowest BCUT2D eigenvalue weighted by Gasteiger charge is -2.41. The first-order chi connectivity index (χ1) is 16.6. The van der Waals surface area contributed by atoms with Gasteiger partial charge in [-0.3, -0.25) is 19.5 Å². The molecule has 11 heteroatoms. The second kappa shape index (κ2) is 11.0. The molecule has 2 aromatic rings. The van der Waals surface area contributed by atoms with Gasteiger partial charge in [0.05, 0.1) is 31.8 Å². The Balaban J connectivity index is 1.59. The summed E-state index contributed by atoms with van der Waals surface area (Å²) in [4.78, 5) is 52.8. The molecule has 35 heavy (non-hydrogen) atoms. The predicted molar refractivity (Wildman–Crippen MR) is 126 cm³/mol. The van der Waals surface area contributed by atoms with Gasteiger partial charge >= 0.3 is 12.1 Å². The van der Waals surface area contributed by atoms with Gasteiger partial charge in [0.1, 0.15) is 11.3 Å². The SMILES string of the molecule is COC(=O)CC1CN(C(=O)CNC(=O)c2cc(-c3ccccc3)n[nH]2)CCN1C(=O)OC(C)(C)C. The minimum absolute atomic E-state index is 0.0811. The third-order valence-electron chi connectivity index (χ3n) is 5.39. The lowest BCUT2D eigenvalue weighted by molar-refractivity contribution is -0.144. The molecule has 0 saturated carbocycles. The van der Waals surface area contributed by atoms with E-state index < -0.39 is 29.6 Å². The van der Waals surface area contributed by atoms with Crippen molar-refractivity contribution in [2.45, 2.75) is 38.8 Å². The Morgan fingerprint density at radius 1 is 1.14 bits per heavy atom. The van der Waals surface area contributed by atoms with E-state index in [1.165, 1.54) is 16.9 Å². The molecule has 3 amide bonds. The molecule has 188 valence electrons. The van der Waals surface area contributed by atoms with Crippen LogP contribution in [0.15, 0.2) is 36.4 Å². The van der Waals surface area contributed by atoms with Crippen LogP contribution in [0.4, 0.5) is 4.79 Å². The van der Waals surface area contributed by atoms with E-state index in [2.05, 4.69) is 15.5 Å². The maximum absolute atomic E-state index is 12.8. The summed E-state index contributed by atoms with van der Waals surface area (Å²) in [5, 5.41) is 9.42. The van der Waals surface area contributed by atoms with Crippen LogP contribution in [0.1, 0.15) is 37.7 Å². The minimum Gasteiger partial charge on any atom is -0.469 e. The van der Waals surface area contributed by atoms with Crippen molar-refractivity contribution in [1.29, 1.82) is 0 Å². The van der Waals surface area contributed by atoms with Crippen molar-refractivity contribution in [3.63, 3.8) is 0 Å². The van der Waals surface area contributed by atoms with Crippen molar-refractivity contribution >= 4 is 23.9 Å². The molecule has 0 bridgehead atoms. The van der Waals surface area contributed by atoms with Crippen LogP contribution in [-0.2, 0) is 19.1 Å². The average Bonchev–Trinajstić information content (AvgIpc) is 3.32. The minimum atomic E-state index is -0.697. The molecule has 3 rings (SSSR count). The zero-order chi connectivity index (χ0) is 25.6. The summed E-state index contributed by atoms with van der Waals surface area (Å²) in [6, 6.07) is 10.4. The van der Waals surface area contributed by atoms with Crippen molar-refractivity contribution < 1.29 is 28.7 Å². The van der Waals surface area contributed by atoms with Crippen LogP contribution in [0, 0.1) is 0 Å². The first-order valence-corrected chi connectivity index (χ1v) is 11.3. The molecule has 1 fully saturated rings. The van der Waals surface area contributed by atoms with E-state index in [4.69, 9.17) is 9.47 Å². The fourth-order valence-electron chi connectivity index (χ4n) is 3.65. The molecule has 0 aliphatic carbocycles. The fraction of sp³-hybridized carbons (Fsp3) is 0.458. The smallest absolute Gasteiger partial charge is 0.410 e. The lowest BCUT2D eigenvalue weighted by Crippen LogP contribution is -2.59. The van der Waals surface area contributed by atoms with Gasteiger partial charge < -0.3 is 24.6 Å². The van der Waals surface area contributed by atoms with Crippen LogP contribution in [0.3, 0.4) is 0 Å². The standard InChI is InChI=1S/C24H31N5O6/c1-24(2,3)35-23(33)29-11-10-28(15-17(29)12-21(31)34-4)20(30)14-25-22(32)19-13-18(26-27-19)16-8-6-5-7-9-16/h5-9,13,17H,10-12,14-15H2,1-4H3,(H,25,32)(H,26,27). The average molecular weight is 486 g/mol. The summed E-state index contributed by atoms with van der Waals surface area (Å²) in [6.45, 7) is 5.58. The number of piperazine rings is 1. The second-order valence-electron chi connectivity index (χ2n) is 9.16. The van der Waals surface area contributed by atoms with E-state index in [-0.39, 0.29) is 44.2 Å². The number of aromatic amines is 1. The Hall–Kier alpha value is -3.89. The quantitative estimate of drug-likeness (QED) is 0.596. The molecule has 0 radical (unpaired) electrons. The number of hydrogen-bond acceptors (Lipinski definition) is 7. The van der Waals surface area contributed by atoms with Gasteiger partial charge in [0.25, 0.3) is 5.91 Å². The van der Waals surface area contributed by atoms with E-state index in [0.717, 1.165) is 5.56 Å². The number of rotatable bonds is 6. The Bertz CT molecular complexity index is 1060. The lowest BCUT2D eigenvalue weighted by atomic mass is 10.1. The fourth-order valence-corrected chi connectivity index (χ4v) is 3.65. The van der Waals surface area contributed by atoms with Gasteiger partial charge in [-0.15, -0.1) is 0 Å². The molecular weight excluding hydrogens is 454 g/mol. The normalized spacial score (nSPS) is 15.9. The van der Waals surface area contributed by atoms with Crippen LogP contribution in [-0.4, -0.2) is 88.8 Å². The van der Waals surface area contributed by atoms with Gasteiger partial charge in [-0.1, -0.05) is 30.3 Å². The molecule has 1 aliphatic rings. The molecular formula is C24H31N5O6. The van der Waals surface area contributed by atoms with Gasteiger partial charge in [-0.25, -0.2) is 4.79 Å². The van der Waals surface area contributed by atoms with Crippen molar-refractivity contribution in [3.8, 4) is 11.3 Å². The van der Waals surface area contributed by atoms with Crippen LogP contribution in [0.2, 0.25) is 0 Å². The summed E-state index contributed by atoms with van der Waals surface area (Å²) >= 11 is 0. The number of benzene rings is 1. The summed E-state index contributed by atoms with van der Waals surface area (Å²) < 4.78 is 10.2. The number of ether oxygens (including phenoxy) is 2. The first kappa shape index (κ1) is 25.7. The number of nitrogens with one attached hydrogen (secondary N) is 2. The summed E-state index contributed by atoms with van der Waals surface area (Å²) in [5.74, 6) is -1.30. The molecule has 0 spiro atoms. The zero-order valence-electron chi connectivity index (χ0n) is 20.4. The van der Waals surface area contributed by atoms with E-state index in [1.54, 1.807) is 26.8 Å². The number of methoxy groups -OCH3 is 1. The second-order valence-corrected chi connectivity index (χ2v) is 9.16. The molecule has 1 saturated heterocycles. The van der Waals surface area contributed by atoms with Crippen molar-refractivity contribution in [2.75, 3.05) is 33.3 Å². The third kappa shape index (κ3) is 7.05. The number of carbonyl (C=O) groups excluding carboxylic acids is 4. The molecule has 11 nitrogen and oxygen atoms in total. The number of H-pyrrole nitrogens is 1. The highest BCUT2D eigenvalue weighted by Crippen LogP contribution is 2.19. The number of carbonyl (C=O) groups is 4. The first-order valence-electron chi connectivity index (χ1n) is 11.3. The highest BCUT2D eigenvalue weighted by molar-refractivity contribution is 5.95. The van der Waals surface area contributed by atoms with Crippen molar-refractivity contribution in [1.82, 2.24) is 25.3 Å². The summed E-state index contributed by atoms with van der Waals surface area (Å²) in [6.07, 6.45) is -0.636. The predicted octanol–water partition coefficient (Wildman–Crippen LogP) is 1.82. The van der Waals surface area contributed by atoms with E-state index in [1.807, 2.05) is 30.3 Å². The highest BCUT2D eigenvalue weighted by atomic mass is 16.6. The monoisotopic (exact) mass is 485 g/mol. The topological polar surface area (TPSA) is 134 Å². The zero-order valence-corrected chi connectivity index (χ0v) is 20.4. The molecule has 1 atom stereocenters. The molecule has 1 aromatic carbocycles. The van der Waals surface area contributed by atoms with E-state index in [9.17, 15) is 19.2 Å². The van der Waals surface area contributed by atoms with Crippen LogP contribution >= 0.6 is 0 Å². The molecule has 2 N–H and O–H groups in total. The number of esters is 1. The van der Waals surface area contributed by atoms with Gasteiger partial charge in [0.2, 0.25) is 5.91 Å². The molecule has 2 heterocycles. The van der Waals surface area contributed by atoms with Crippen LogP contribution < -0.4 is 5.32 Å². The van der Waals surface area contributed by atoms with E-state index >= 15 is 0 Å². The van der Waals surface area contributed by atoms with Gasteiger partial charge in [-0.2, -0.15) is 5.10 Å². The molecule has 1 aromatic heterocycles. The Morgan fingerprint density at radius 3 is 2.51 bits per heavy atom. The number of hydrogen-bond donors (Lipinski definition) is 2. The summed E-state index contributed by atoms with van der Waals surface area (Å²) in [7, 11) is 1.26. The van der Waals surface area contributed by atoms with Crippen LogP contribution in [0.25, 0.3) is 11.3 Å². The van der Waals surface area contributed by atoms with Crippen LogP contribution in [0.5, 0.6) is 0 Å². The Morgan fingerprint density at radius 2 is 1.86 bits per heavy atom. The molecule has 1 aliphatic heterocycles. The Labute approximate surface area is 203 Å². The maximum Gasteiger partial charge on any atom is 0.410 e. The maximum atomic E-state index is 12.8. The summed E-state index contributed by atoms with van der Waals surface area (Å²) in [5.41, 5.74) is 1.01. The van der Waals surface area contributed by atoms with Gasteiger partial charge in [0.15, 0.2) is 0 Å². The largest absolute Gasteiger partial charge is 0.469 e. The number of aromatic nitrogens is 2. The number of amides is 3. The number of nitrogens with zero attached hydrogens (tertiary/aromatic N) is 3. The van der Waals surface area contributed by atoms with Gasteiger partial charge in [0, 0.05) is 25.2 Å². The third-order valence-corrected chi connectivity index (χ3v) is 5.39. The van der Waals surface area contributed by atoms with Crippen molar-refractivity contribution in [2.24, 2.45) is 0 Å². The van der Waals surface area contributed by atoms with Gasteiger partial charge in [-0.05, 0) is 26.8 Å². The molecule has 1 unspecified atom stereocenters. The highest BCUT2D eigenvalue weighted by Gasteiger charge is 2.36. The Kier molecular flexibility index (Phi) is 8.10.